The molecule has 2 rings (SSSR count). The lowest BCUT2D eigenvalue weighted by atomic mass is 10.1. The van der Waals surface area contributed by atoms with E-state index >= 15 is 0 Å². The van der Waals surface area contributed by atoms with E-state index in [2.05, 4.69) is 53.1 Å². The van der Waals surface area contributed by atoms with Gasteiger partial charge < -0.3 is 11.1 Å². The summed E-state index contributed by atoms with van der Waals surface area (Å²) < 4.78 is 2.91. The molecular formula is C13H9Br3N2S. The summed E-state index contributed by atoms with van der Waals surface area (Å²) in [6, 6.07) is 11.7. The van der Waals surface area contributed by atoms with Crippen LogP contribution in [0.3, 0.4) is 0 Å². The van der Waals surface area contributed by atoms with E-state index in [1.165, 1.54) is 0 Å². The second-order valence-electron chi connectivity index (χ2n) is 3.80. The van der Waals surface area contributed by atoms with Crippen LogP contribution in [0.25, 0.3) is 0 Å². The molecule has 2 aromatic carbocycles. The quantitative estimate of drug-likeness (QED) is 0.601. The molecule has 0 aliphatic carbocycles. The number of anilines is 2. The van der Waals surface area contributed by atoms with Crippen LogP contribution in [0.1, 0.15) is 5.56 Å². The molecule has 0 aromatic heterocycles. The van der Waals surface area contributed by atoms with E-state index in [0.29, 0.717) is 4.99 Å². The van der Waals surface area contributed by atoms with Crippen LogP contribution in [-0.4, -0.2) is 4.99 Å². The highest BCUT2D eigenvalue weighted by molar-refractivity contribution is 9.11. The fourth-order valence-corrected chi connectivity index (χ4v) is 2.82. The van der Waals surface area contributed by atoms with E-state index in [4.69, 9.17) is 18.0 Å². The molecule has 3 N–H and O–H groups in total. The number of hydrogen-bond donors (Lipinski definition) is 2. The van der Waals surface area contributed by atoms with E-state index in [9.17, 15) is 0 Å². The molecule has 2 aromatic rings. The number of hydrogen-bond acceptors (Lipinski definition) is 2. The van der Waals surface area contributed by atoms with Crippen molar-refractivity contribution in [3.8, 4) is 0 Å². The third kappa shape index (κ3) is 3.78. The van der Waals surface area contributed by atoms with Crippen molar-refractivity contribution in [3.05, 3.63) is 55.4 Å². The van der Waals surface area contributed by atoms with Gasteiger partial charge in [-0.15, -0.1) is 0 Å². The minimum absolute atomic E-state index is 0.362. The van der Waals surface area contributed by atoms with Gasteiger partial charge in [-0.1, -0.05) is 44.1 Å². The predicted molar refractivity (Wildman–Crippen MR) is 95.2 cm³/mol. The highest BCUT2D eigenvalue weighted by Crippen LogP contribution is 2.31. The summed E-state index contributed by atoms with van der Waals surface area (Å²) in [5.74, 6) is 0. The van der Waals surface area contributed by atoms with Gasteiger partial charge in [0.1, 0.15) is 4.99 Å². The largest absolute Gasteiger partial charge is 0.389 e. The van der Waals surface area contributed by atoms with Crippen molar-refractivity contribution < 1.29 is 0 Å². The molecule has 6 heteroatoms. The maximum Gasteiger partial charge on any atom is 0.106 e. The third-order valence-corrected chi connectivity index (χ3v) is 4.34. The van der Waals surface area contributed by atoms with Gasteiger partial charge in [0, 0.05) is 24.7 Å². The van der Waals surface area contributed by atoms with Crippen LogP contribution < -0.4 is 11.1 Å². The van der Waals surface area contributed by atoms with Gasteiger partial charge >= 0.3 is 0 Å². The number of benzene rings is 2. The molecule has 2 nitrogen and oxygen atoms in total. The first-order valence-corrected chi connectivity index (χ1v) is 8.07. The summed E-state index contributed by atoms with van der Waals surface area (Å²) in [6.07, 6.45) is 0. The molecule has 0 bridgehead atoms. The topological polar surface area (TPSA) is 38.0 Å². The Morgan fingerprint density at radius 3 is 2.16 bits per heavy atom. The van der Waals surface area contributed by atoms with Gasteiger partial charge in [-0.2, -0.15) is 0 Å². The van der Waals surface area contributed by atoms with Gasteiger partial charge in [0.25, 0.3) is 0 Å². The second-order valence-corrected chi connectivity index (χ2v) is 6.93. The molecule has 0 saturated carbocycles. The predicted octanol–water partition coefficient (Wildman–Crippen LogP) is 5.35. The summed E-state index contributed by atoms with van der Waals surface area (Å²) >= 11 is 15.5. The van der Waals surface area contributed by atoms with Crippen LogP contribution >= 0.6 is 60.0 Å². The molecule has 0 aliphatic heterocycles. The lowest BCUT2D eigenvalue weighted by molar-refractivity contribution is 1.48. The van der Waals surface area contributed by atoms with Crippen LogP contribution in [0.15, 0.2) is 49.8 Å². The Hall–Kier alpha value is -0.430. The number of halogens is 3. The molecule has 0 fully saturated rings. The monoisotopic (exact) mass is 462 g/mol. The molecule has 0 heterocycles. The normalized spacial score (nSPS) is 10.3. The molecule has 0 aliphatic rings. The minimum atomic E-state index is 0.362. The number of rotatable bonds is 3. The van der Waals surface area contributed by atoms with Crippen molar-refractivity contribution in [2.45, 2.75) is 0 Å². The van der Waals surface area contributed by atoms with Crippen molar-refractivity contribution in [2.75, 3.05) is 5.32 Å². The van der Waals surface area contributed by atoms with Crippen LogP contribution in [0, 0.1) is 0 Å². The van der Waals surface area contributed by atoms with Gasteiger partial charge in [0.2, 0.25) is 0 Å². The van der Waals surface area contributed by atoms with Crippen molar-refractivity contribution in [3.63, 3.8) is 0 Å². The summed E-state index contributed by atoms with van der Waals surface area (Å²) in [4.78, 5) is 0.362. The summed E-state index contributed by atoms with van der Waals surface area (Å²) in [7, 11) is 0. The zero-order valence-electron chi connectivity index (χ0n) is 9.58. The van der Waals surface area contributed by atoms with Gasteiger partial charge in [-0.25, -0.2) is 0 Å². The highest BCUT2D eigenvalue weighted by atomic mass is 79.9. The Balaban J connectivity index is 2.45. The molecule has 98 valence electrons. The van der Waals surface area contributed by atoms with Crippen molar-refractivity contribution >= 4 is 76.4 Å². The van der Waals surface area contributed by atoms with E-state index < -0.39 is 0 Å². The summed E-state index contributed by atoms with van der Waals surface area (Å²) in [6.45, 7) is 0. The number of nitrogens with two attached hydrogens (primary N) is 1. The SMILES string of the molecule is NC(=S)c1ccc(Br)cc1Nc1cc(Br)ccc1Br. The molecule has 0 radical (unpaired) electrons. The van der Waals surface area contributed by atoms with E-state index in [1.807, 2.05) is 36.4 Å². The lowest BCUT2D eigenvalue weighted by Gasteiger charge is -2.13. The molecule has 0 atom stereocenters. The van der Waals surface area contributed by atoms with Gasteiger partial charge in [-0.3, -0.25) is 0 Å². The van der Waals surface area contributed by atoms with Crippen LogP contribution in [0.4, 0.5) is 11.4 Å². The van der Waals surface area contributed by atoms with E-state index in [0.717, 1.165) is 30.4 Å². The summed E-state index contributed by atoms with van der Waals surface area (Å²) in [5, 5.41) is 3.33. The molecule has 0 unspecified atom stereocenters. The van der Waals surface area contributed by atoms with Gasteiger partial charge in [0.05, 0.1) is 5.69 Å². The Labute approximate surface area is 142 Å². The molecule has 0 spiro atoms. The minimum Gasteiger partial charge on any atom is -0.389 e. The maximum atomic E-state index is 5.74. The van der Waals surface area contributed by atoms with E-state index in [-0.39, 0.29) is 0 Å². The van der Waals surface area contributed by atoms with Crippen LogP contribution in [0.2, 0.25) is 0 Å². The Bertz CT molecular complexity index is 644. The van der Waals surface area contributed by atoms with Crippen LogP contribution in [-0.2, 0) is 0 Å². The van der Waals surface area contributed by atoms with Crippen molar-refractivity contribution in [1.82, 2.24) is 0 Å². The van der Waals surface area contributed by atoms with Gasteiger partial charge in [-0.05, 0) is 52.3 Å². The molecule has 0 amide bonds. The molecular weight excluding hydrogens is 456 g/mol. The van der Waals surface area contributed by atoms with Crippen molar-refractivity contribution in [2.24, 2.45) is 5.73 Å². The first-order valence-electron chi connectivity index (χ1n) is 5.29. The molecule has 19 heavy (non-hydrogen) atoms. The Kier molecular flexibility index (Phi) is 5.00. The summed E-state index contributed by atoms with van der Waals surface area (Å²) in [5.41, 5.74) is 8.35. The third-order valence-electron chi connectivity index (χ3n) is 2.44. The zero-order valence-corrected chi connectivity index (χ0v) is 15.2. The average molecular weight is 465 g/mol. The number of thiocarbonyl (C=S) groups is 1. The van der Waals surface area contributed by atoms with Crippen LogP contribution in [0.5, 0.6) is 0 Å². The number of nitrogens with one attached hydrogen (secondary N) is 1. The fraction of sp³-hybridized carbons (Fsp3) is 0. The lowest BCUT2D eigenvalue weighted by Crippen LogP contribution is -2.12. The smallest absolute Gasteiger partial charge is 0.106 e. The Morgan fingerprint density at radius 2 is 1.53 bits per heavy atom. The van der Waals surface area contributed by atoms with Crippen molar-refractivity contribution in [1.29, 1.82) is 0 Å². The van der Waals surface area contributed by atoms with E-state index in [1.54, 1.807) is 0 Å². The first kappa shape index (κ1) is 15.0. The fourth-order valence-electron chi connectivity index (χ4n) is 1.57. The second kappa shape index (κ2) is 6.35. The average Bonchev–Trinajstić information content (AvgIpc) is 2.33. The molecule has 0 saturated heterocycles. The van der Waals surface area contributed by atoms with Gasteiger partial charge in [0.15, 0.2) is 0 Å². The maximum absolute atomic E-state index is 5.74. The first-order chi connectivity index (χ1) is 8.97. The Morgan fingerprint density at radius 1 is 0.947 bits per heavy atom. The standard InChI is InChI=1S/C13H9Br3N2S/c14-7-1-3-9(13(17)19)11(5-7)18-12-6-8(15)2-4-10(12)16/h1-6,18H,(H2,17,19). The highest BCUT2D eigenvalue weighted by Gasteiger charge is 2.08. The zero-order chi connectivity index (χ0) is 14.0.